The molecule has 2 aliphatic heterocycles. The number of halogens is 3. The summed E-state index contributed by atoms with van der Waals surface area (Å²) in [6, 6.07) is 11.6. The largest absolute Gasteiger partial charge is 0.490 e. The minimum absolute atomic E-state index is 0.125. The fraction of sp³-hybridized carbons (Fsp3) is 0.364. The second kappa shape index (κ2) is 9.47. The first-order valence-corrected chi connectivity index (χ1v) is 10.2. The van der Waals surface area contributed by atoms with Gasteiger partial charge in [0.15, 0.2) is 0 Å². The summed E-state index contributed by atoms with van der Waals surface area (Å²) in [4.78, 5) is 41.1. The van der Waals surface area contributed by atoms with Gasteiger partial charge in [0.2, 0.25) is 5.91 Å². The number of fused-ring (bicyclic) bond motifs is 2. The average Bonchev–Trinajstić information content (AvgIpc) is 2.77. The van der Waals surface area contributed by atoms with Crippen molar-refractivity contribution in [2.24, 2.45) is 5.73 Å². The highest BCUT2D eigenvalue weighted by atomic mass is 19.4. The van der Waals surface area contributed by atoms with Crippen LogP contribution in [0.4, 0.5) is 23.7 Å². The number of para-hydroxylation sites is 1. The molecule has 0 unspecified atom stereocenters. The van der Waals surface area contributed by atoms with E-state index in [0.717, 1.165) is 24.1 Å². The summed E-state index contributed by atoms with van der Waals surface area (Å²) in [7, 11) is 0. The number of carbonyl (C=O) groups is 3. The number of urea groups is 1. The first kappa shape index (κ1) is 24.0. The van der Waals surface area contributed by atoms with Crippen molar-refractivity contribution in [3.63, 3.8) is 0 Å². The zero-order valence-corrected chi connectivity index (χ0v) is 17.6. The lowest BCUT2D eigenvalue weighted by Crippen LogP contribution is -2.51. The highest BCUT2D eigenvalue weighted by molar-refractivity contribution is 5.98. The Morgan fingerprint density at radius 2 is 1.76 bits per heavy atom. The predicted molar refractivity (Wildman–Crippen MR) is 112 cm³/mol. The van der Waals surface area contributed by atoms with Crippen LogP contribution in [-0.2, 0) is 21.5 Å². The molecule has 1 aromatic heterocycles. The van der Waals surface area contributed by atoms with Crippen molar-refractivity contribution in [1.29, 1.82) is 0 Å². The number of piperidine rings is 1. The number of pyridine rings is 1. The van der Waals surface area contributed by atoms with Gasteiger partial charge in [0.1, 0.15) is 0 Å². The number of alkyl halides is 3. The maximum absolute atomic E-state index is 13.1. The fourth-order valence-electron chi connectivity index (χ4n) is 4.22. The van der Waals surface area contributed by atoms with E-state index in [2.05, 4.69) is 11.1 Å². The molecule has 2 aromatic rings. The summed E-state index contributed by atoms with van der Waals surface area (Å²) < 4.78 is 31.7. The van der Waals surface area contributed by atoms with Gasteiger partial charge in [-0.3, -0.25) is 9.78 Å². The maximum atomic E-state index is 13.1. The first-order chi connectivity index (χ1) is 15.5. The number of aliphatic carboxylic acids is 1. The molecule has 0 saturated carbocycles. The van der Waals surface area contributed by atoms with Crippen molar-refractivity contribution in [3.05, 3.63) is 59.9 Å². The van der Waals surface area contributed by atoms with Crippen LogP contribution < -0.4 is 10.6 Å². The van der Waals surface area contributed by atoms with Gasteiger partial charge in [0, 0.05) is 43.0 Å². The Bertz CT molecular complexity index is 1020. The van der Waals surface area contributed by atoms with Crippen LogP contribution in [0.1, 0.15) is 30.4 Å². The number of hydrogen-bond donors (Lipinski definition) is 2. The van der Waals surface area contributed by atoms with Gasteiger partial charge in [-0.1, -0.05) is 24.3 Å². The molecule has 0 radical (unpaired) electrons. The Hall–Kier alpha value is -3.63. The fourth-order valence-corrected chi connectivity index (χ4v) is 4.22. The maximum Gasteiger partial charge on any atom is 0.490 e. The molecule has 8 nitrogen and oxygen atoms in total. The average molecular weight is 464 g/mol. The molecule has 1 aromatic carbocycles. The number of nitrogens with two attached hydrogens (primary N) is 1. The summed E-state index contributed by atoms with van der Waals surface area (Å²) in [6.07, 6.45) is 0.443. The van der Waals surface area contributed by atoms with Crippen molar-refractivity contribution in [2.75, 3.05) is 18.0 Å². The monoisotopic (exact) mass is 464 g/mol. The Balaban J connectivity index is 0.000000383. The molecule has 1 saturated heterocycles. The zero-order valence-electron chi connectivity index (χ0n) is 17.6. The second-order valence-corrected chi connectivity index (χ2v) is 7.94. The molecule has 2 aliphatic rings. The Morgan fingerprint density at radius 1 is 1.12 bits per heavy atom. The summed E-state index contributed by atoms with van der Waals surface area (Å²) in [5.74, 6) is -2.63. The number of nitrogens with zero attached hydrogens (tertiary/aromatic N) is 3. The number of rotatable bonds is 2. The van der Waals surface area contributed by atoms with Crippen molar-refractivity contribution < 1.29 is 32.7 Å². The first-order valence-electron chi connectivity index (χ1n) is 10.2. The number of likely N-dealkylation sites (tertiary alicyclic amines) is 1. The number of aromatic nitrogens is 1. The third-order valence-corrected chi connectivity index (χ3v) is 5.90. The SMILES string of the molecule is NC(=O)N1CCC2(CC1)CC(=O)N(Cc1cccnc1)c1ccccc12.O=C(O)C(F)(F)F. The van der Waals surface area contributed by atoms with Gasteiger partial charge in [-0.15, -0.1) is 0 Å². The lowest BCUT2D eigenvalue weighted by molar-refractivity contribution is -0.192. The number of hydrogen-bond acceptors (Lipinski definition) is 4. The number of carboxylic acids is 1. The molecular weight excluding hydrogens is 441 g/mol. The minimum atomic E-state index is -5.08. The van der Waals surface area contributed by atoms with Crippen LogP contribution in [0.2, 0.25) is 0 Å². The van der Waals surface area contributed by atoms with Crippen molar-refractivity contribution in [2.45, 2.75) is 37.4 Å². The zero-order chi connectivity index (χ0) is 24.2. The van der Waals surface area contributed by atoms with E-state index < -0.39 is 12.1 Å². The van der Waals surface area contributed by atoms with E-state index in [1.807, 2.05) is 35.2 Å². The number of benzene rings is 1. The number of primary amides is 1. The molecular formula is C22H23F3N4O4. The van der Waals surface area contributed by atoms with Gasteiger partial charge >= 0.3 is 18.2 Å². The van der Waals surface area contributed by atoms with E-state index >= 15 is 0 Å². The van der Waals surface area contributed by atoms with Crippen molar-refractivity contribution in [3.8, 4) is 0 Å². The molecule has 3 heterocycles. The highest BCUT2D eigenvalue weighted by Gasteiger charge is 2.45. The van der Waals surface area contributed by atoms with Crippen LogP contribution in [0.15, 0.2) is 48.8 Å². The lowest BCUT2D eigenvalue weighted by atomic mass is 9.67. The number of anilines is 1. The quantitative estimate of drug-likeness (QED) is 0.709. The highest BCUT2D eigenvalue weighted by Crippen LogP contribution is 2.47. The van der Waals surface area contributed by atoms with E-state index in [0.29, 0.717) is 26.1 Å². The second-order valence-electron chi connectivity index (χ2n) is 7.94. The summed E-state index contributed by atoms with van der Waals surface area (Å²) in [6.45, 7) is 1.71. The molecule has 0 atom stereocenters. The van der Waals surface area contributed by atoms with Crippen LogP contribution in [0.5, 0.6) is 0 Å². The van der Waals surface area contributed by atoms with Crippen molar-refractivity contribution >= 4 is 23.6 Å². The van der Waals surface area contributed by atoms with E-state index in [1.54, 1.807) is 17.3 Å². The van der Waals surface area contributed by atoms with Gasteiger partial charge < -0.3 is 20.6 Å². The van der Waals surface area contributed by atoms with E-state index in [-0.39, 0.29) is 17.4 Å². The third kappa shape index (κ3) is 5.41. The van der Waals surface area contributed by atoms with Gasteiger partial charge in [0.25, 0.3) is 0 Å². The Morgan fingerprint density at radius 3 is 2.30 bits per heavy atom. The molecule has 1 fully saturated rings. The van der Waals surface area contributed by atoms with Gasteiger partial charge in [0.05, 0.1) is 6.54 Å². The normalized spacial score (nSPS) is 17.1. The molecule has 3 amide bonds. The van der Waals surface area contributed by atoms with Crippen LogP contribution in [0.25, 0.3) is 0 Å². The molecule has 33 heavy (non-hydrogen) atoms. The van der Waals surface area contributed by atoms with Gasteiger partial charge in [-0.2, -0.15) is 13.2 Å². The molecule has 3 N–H and O–H groups in total. The van der Waals surface area contributed by atoms with Gasteiger partial charge in [-0.05, 0) is 36.1 Å². The number of amides is 3. The summed E-state index contributed by atoms with van der Waals surface area (Å²) in [5, 5.41) is 7.12. The van der Waals surface area contributed by atoms with E-state index in [1.165, 1.54) is 5.56 Å². The standard InChI is InChI=1S/C20H22N4O2.C2HF3O2/c21-19(26)23-10-7-20(8-11-23)12-18(25)24(14-15-4-3-9-22-13-15)17-6-2-1-5-16(17)20;3-2(4,5)1(6)7/h1-6,9,13H,7-8,10-12,14H2,(H2,21,26);(H,6,7). The Labute approximate surface area is 187 Å². The van der Waals surface area contributed by atoms with Crippen LogP contribution in [0.3, 0.4) is 0 Å². The summed E-state index contributed by atoms with van der Waals surface area (Å²) in [5.41, 5.74) is 8.40. The minimum Gasteiger partial charge on any atom is -0.475 e. The molecule has 1 spiro atoms. The molecule has 11 heteroatoms. The Kier molecular flexibility index (Phi) is 6.89. The molecule has 0 bridgehead atoms. The molecule has 0 aliphatic carbocycles. The predicted octanol–water partition coefficient (Wildman–Crippen LogP) is 3.06. The van der Waals surface area contributed by atoms with Crippen molar-refractivity contribution in [1.82, 2.24) is 9.88 Å². The van der Waals surface area contributed by atoms with Crippen LogP contribution in [-0.4, -0.2) is 52.2 Å². The third-order valence-electron chi connectivity index (χ3n) is 5.90. The van der Waals surface area contributed by atoms with Crippen LogP contribution in [0, 0.1) is 0 Å². The summed E-state index contributed by atoms with van der Waals surface area (Å²) >= 11 is 0. The van der Waals surface area contributed by atoms with Gasteiger partial charge in [-0.25, -0.2) is 9.59 Å². The van der Waals surface area contributed by atoms with Crippen LogP contribution >= 0.6 is 0 Å². The smallest absolute Gasteiger partial charge is 0.475 e. The molecule has 4 rings (SSSR count). The molecule has 176 valence electrons. The topological polar surface area (TPSA) is 117 Å². The number of carboxylic acid groups (broad SMARTS) is 1. The lowest BCUT2D eigenvalue weighted by Gasteiger charge is -2.47. The number of carbonyl (C=O) groups excluding carboxylic acids is 2. The van der Waals surface area contributed by atoms with E-state index in [4.69, 9.17) is 15.6 Å². The van der Waals surface area contributed by atoms with E-state index in [9.17, 15) is 22.8 Å².